The van der Waals surface area contributed by atoms with Gasteiger partial charge in [0.2, 0.25) is 5.43 Å². The molecule has 0 N–H and O–H groups in total. The monoisotopic (exact) mass is 263 g/mol. The Hall–Kier alpha value is -1.74. The minimum Gasteiger partial charge on any atom is -0.483 e. The number of hydrogen-bond donors (Lipinski definition) is 0. The smallest absolute Gasteiger partial charge is 0.223 e. The van der Waals surface area contributed by atoms with Crippen LogP contribution in [0, 0.1) is 0 Å². The van der Waals surface area contributed by atoms with Crippen molar-refractivity contribution < 1.29 is 4.74 Å². The summed E-state index contributed by atoms with van der Waals surface area (Å²) in [5.41, 5.74) is 1.66. The van der Waals surface area contributed by atoms with E-state index in [-0.39, 0.29) is 5.43 Å². The second kappa shape index (κ2) is 5.74. The molecule has 18 heavy (non-hydrogen) atoms. The van der Waals surface area contributed by atoms with Gasteiger partial charge in [-0.1, -0.05) is 30.3 Å². The lowest BCUT2D eigenvalue weighted by atomic mass is 10.2. The maximum absolute atomic E-state index is 11.8. The van der Waals surface area contributed by atoms with Gasteiger partial charge in [-0.25, -0.2) is 0 Å². The molecule has 0 aliphatic rings. The molecule has 3 nitrogen and oxygen atoms in total. The second-order valence-corrected chi connectivity index (χ2v) is 4.28. The number of aromatic nitrogens is 1. The van der Waals surface area contributed by atoms with E-state index in [1.54, 1.807) is 10.8 Å². The Kier molecular flexibility index (Phi) is 4.05. The number of rotatable bonds is 4. The molecule has 2 aromatic rings. The van der Waals surface area contributed by atoms with Gasteiger partial charge in [-0.2, -0.15) is 0 Å². The van der Waals surface area contributed by atoms with E-state index in [1.807, 2.05) is 37.4 Å². The van der Waals surface area contributed by atoms with Crippen LogP contribution < -0.4 is 10.2 Å². The van der Waals surface area contributed by atoms with Crippen molar-refractivity contribution in [2.24, 2.45) is 7.05 Å². The molecule has 0 spiro atoms. The van der Waals surface area contributed by atoms with Gasteiger partial charge in [-0.15, -0.1) is 11.6 Å². The summed E-state index contributed by atoms with van der Waals surface area (Å²) >= 11 is 5.73. The molecule has 0 radical (unpaired) electrons. The number of ether oxygens (including phenoxy) is 1. The molecule has 0 aliphatic carbocycles. The van der Waals surface area contributed by atoms with E-state index < -0.39 is 0 Å². The lowest BCUT2D eigenvalue weighted by molar-refractivity contribution is 0.300. The number of alkyl halides is 1. The first kappa shape index (κ1) is 12.7. The maximum Gasteiger partial charge on any atom is 0.223 e. The molecule has 0 fully saturated rings. The number of hydrogen-bond acceptors (Lipinski definition) is 2. The van der Waals surface area contributed by atoms with E-state index in [9.17, 15) is 4.79 Å². The third-order valence-corrected chi connectivity index (χ3v) is 2.95. The van der Waals surface area contributed by atoms with Gasteiger partial charge in [0.05, 0.1) is 12.1 Å². The van der Waals surface area contributed by atoms with Crippen LogP contribution in [0.5, 0.6) is 5.75 Å². The molecule has 0 unspecified atom stereocenters. The van der Waals surface area contributed by atoms with Gasteiger partial charge in [0.1, 0.15) is 6.61 Å². The van der Waals surface area contributed by atoms with Crippen molar-refractivity contribution in [3.63, 3.8) is 0 Å². The number of aryl methyl sites for hydroxylation is 1. The summed E-state index contributed by atoms with van der Waals surface area (Å²) in [6.07, 6.45) is 1.67. The van der Waals surface area contributed by atoms with E-state index in [2.05, 4.69) is 0 Å². The molecule has 0 bridgehead atoms. The summed E-state index contributed by atoms with van der Waals surface area (Å²) in [6, 6.07) is 11.2. The van der Waals surface area contributed by atoms with Gasteiger partial charge < -0.3 is 9.30 Å². The molecule has 0 amide bonds. The van der Waals surface area contributed by atoms with Crippen molar-refractivity contribution in [2.75, 3.05) is 0 Å². The minimum atomic E-state index is -0.139. The Labute approximate surface area is 111 Å². The Bertz CT molecular complexity index is 578. The fraction of sp³-hybridized carbons (Fsp3) is 0.214. The zero-order valence-corrected chi connectivity index (χ0v) is 10.9. The van der Waals surface area contributed by atoms with Crippen LogP contribution in [0.25, 0.3) is 0 Å². The molecular formula is C14H14ClNO2. The predicted octanol–water partition coefficient (Wildman–Crippen LogP) is 2.70. The van der Waals surface area contributed by atoms with Gasteiger partial charge in [-0.05, 0) is 5.56 Å². The number of halogens is 1. The third-order valence-electron chi connectivity index (χ3n) is 2.68. The topological polar surface area (TPSA) is 31.2 Å². The molecule has 1 aromatic carbocycles. The van der Waals surface area contributed by atoms with Crippen molar-refractivity contribution in [3.05, 3.63) is 64.1 Å². The van der Waals surface area contributed by atoms with Gasteiger partial charge in [0.25, 0.3) is 0 Å². The molecule has 1 heterocycles. The van der Waals surface area contributed by atoms with Crippen molar-refractivity contribution >= 4 is 11.6 Å². The van der Waals surface area contributed by atoms with Crippen LogP contribution in [0.3, 0.4) is 0 Å². The molecule has 0 saturated heterocycles. The molecule has 1 aromatic heterocycles. The fourth-order valence-corrected chi connectivity index (χ4v) is 1.89. The number of nitrogens with zero attached hydrogens (tertiary/aromatic N) is 1. The van der Waals surface area contributed by atoms with E-state index in [0.717, 1.165) is 11.3 Å². The van der Waals surface area contributed by atoms with Crippen molar-refractivity contribution in [3.8, 4) is 5.75 Å². The van der Waals surface area contributed by atoms with Crippen LogP contribution in [-0.4, -0.2) is 4.57 Å². The standard InChI is InChI=1S/C14H14ClNO2/c1-16-9-14(13(17)7-12(16)8-15)18-10-11-5-3-2-4-6-11/h2-7,9H,8,10H2,1H3. The third kappa shape index (κ3) is 2.93. The van der Waals surface area contributed by atoms with Gasteiger partial charge >= 0.3 is 0 Å². The highest BCUT2D eigenvalue weighted by Gasteiger charge is 2.05. The van der Waals surface area contributed by atoms with Gasteiger partial charge in [-0.3, -0.25) is 4.79 Å². The van der Waals surface area contributed by atoms with Crippen LogP contribution in [-0.2, 0) is 19.5 Å². The summed E-state index contributed by atoms with van der Waals surface area (Å²) in [5, 5.41) is 0. The van der Waals surface area contributed by atoms with Crippen LogP contribution in [0.2, 0.25) is 0 Å². The SMILES string of the molecule is Cn1cc(OCc2ccccc2)c(=O)cc1CCl. The predicted molar refractivity (Wildman–Crippen MR) is 72.0 cm³/mol. The first-order chi connectivity index (χ1) is 8.70. The first-order valence-electron chi connectivity index (χ1n) is 5.63. The largest absolute Gasteiger partial charge is 0.483 e. The minimum absolute atomic E-state index is 0.139. The molecule has 0 aliphatic heterocycles. The summed E-state index contributed by atoms with van der Waals surface area (Å²) in [6.45, 7) is 0.385. The van der Waals surface area contributed by atoms with E-state index in [4.69, 9.17) is 16.3 Å². The van der Waals surface area contributed by atoms with E-state index in [1.165, 1.54) is 6.07 Å². The zero-order chi connectivity index (χ0) is 13.0. The molecular weight excluding hydrogens is 250 g/mol. The summed E-state index contributed by atoms with van der Waals surface area (Å²) in [7, 11) is 1.84. The highest BCUT2D eigenvalue weighted by Crippen LogP contribution is 2.10. The highest BCUT2D eigenvalue weighted by molar-refractivity contribution is 6.16. The summed E-state index contributed by atoms with van der Waals surface area (Å²) in [5.74, 6) is 0.653. The summed E-state index contributed by atoms with van der Waals surface area (Å²) < 4.78 is 7.33. The maximum atomic E-state index is 11.8. The average molecular weight is 264 g/mol. The fourth-order valence-electron chi connectivity index (χ4n) is 1.62. The van der Waals surface area contributed by atoms with E-state index in [0.29, 0.717) is 18.2 Å². The lowest BCUT2D eigenvalue weighted by Gasteiger charge is -2.10. The van der Waals surface area contributed by atoms with E-state index >= 15 is 0 Å². The van der Waals surface area contributed by atoms with Crippen LogP contribution in [0.1, 0.15) is 11.3 Å². The number of benzene rings is 1. The Morgan fingerprint density at radius 3 is 2.67 bits per heavy atom. The normalized spacial score (nSPS) is 10.3. The van der Waals surface area contributed by atoms with Crippen LogP contribution in [0.4, 0.5) is 0 Å². The van der Waals surface area contributed by atoms with Crippen molar-refractivity contribution in [1.29, 1.82) is 0 Å². The zero-order valence-electron chi connectivity index (χ0n) is 10.1. The van der Waals surface area contributed by atoms with Crippen LogP contribution >= 0.6 is 11.6 Å². The lowest BCUT2D eigenvalue weighted by Crippen LogP contribution is -2.12. The van der Waals surface area contributed by atoms with Gasteiger partial charge in [0.15, 0.2) is 5.75 Å². The van der Waals surface area contributed by atoms with Gasteiger partial charge in [0, 0.05) is 18.8 Å². The molecule has 4 heteroatoms. The first-order valence-corrected chi connectivity index (χ1v) is 6.16. The highest BCUT2D eigenvalue weighted by atomic mass is 35.5. The Morgan fingerprint density at radius 2 is 2.00 bits per heavy atom. The quantitative estimate of drug-likeness (QED) is 0.795. The Balaban J connectivity index is 2.15. The van der Waals surface area contributed by atoms with Crippen molar-refractivity contribution in [2.45, 2.75) is 12.5 Å². The molecule has 2 rings (SSSR count). The average Bonchev–Trinajstić information content (AvgIpc) is 2.40. The molecule has 0 atom stereocenters. The second-order valence-electron chi connectivity index (χ2n) is 4.01. The number of pyridine rings is 1. The molecule has 0 saturated carbocycles. The van der Waals surface area contributed by atoms with Crippen LogP contribution in [0.15, 0.2) is 47.4 Å². The molecule has 94 valence electrons. The Morgan fingerprint density at radius 1 is 1.28 bits per heavy atom. The van der Waals surface area contributed by atoms with Crippen molar-refractivity contribution in [1.82, 2.24) is 4.57 Å². The summed E-state index contributed by atoms with van der Waals surface area (Å²) in [4.78, 5) is 11.8.